The van der Waals surface area contributed by atoms with E-state index in [1.807, 2.05) is 0 Å². The zero-order valence-corrected chi connectivity index (χ0v) is 13.5. The molecule has 0 bridgehead atoms. The number of carbonyl (C=O) groups is 1. The molecule has 0 saturated carbocycles. The zero-order chi connectivity index (χ0) is 14.7. The fraction of sp³-hybridized carbons (Fsp3) is 0.941. The number of nitrogens with one attached hydrogen (secondary N) is 1. The van der Waals surface area contributed by atoms with Crippen LogP contribution in [0.1, 0.15) is 58.3 Å². The summed E-state index contributed by atoms with van der Waals surface area (Å²) < 4.78 is 0. The first-order valence-corrected chi connectivity index (χ1v) is 9.01. The lowest BCUT2D eigenvalue weighted by Crippen LogP contribution is -2.60. The van der Waals surface area contributed by atoms with Crippen molar-refractivity contribution in [1.82, 2.24) is 15.1 Å². The Morgan fingerprint density at radius 3 is 2.81 bits per heavy atom. The van der Waals surface area contributed by atoms with Crippen molar-refractivity contribution in [1.29, 1.82) is 0 Å². The standard InChI is InChI=1S/C17H31N3O/c1-14-12-19-11-5-3-7-16(19)13-20(14)17(21)9-8-15-6-2-4-10-18-15/h14-16,18H,2-13H2,1H3. The molecule has 21 heavy (non-hydrogen) atoms. The molecule has 120 valence electrons. The first-order chi connectivity index (χ1) is 10.2. The lowest BCUT2D eigenvalue weighted by Gasteiger charge is -2.47. The van der Waals surface area contributed by atoms with Crippen LogP contribution in [0.25, 0.3) is 0 Å². The molecule has 0 spiro atoms. The van der Waals surface area contributed by atoms with Crippen molar-refractivity contribution < 1.29 is 4.79 Å². The van der Waals surface area contributed by atoms with Gasteiger partial charge in [0.25, 0.3) is 0 Å². The lowest BCUT2D eigenvalue weighted by atomic mass is 9.96. The minimum absolute atomic E-state index is 0.389. The number of hydrogen-bond acceptors (Lipinski definition) is 3. The molecule has 3 aliphatic heterocycles. The van der Waals surface area contributed by atoms with E-state index in [1.54, 1.807) is 0 Å². The molecule has 3 atom stereocenters. The van der Waals surface area contributed by atoms with Gasteiger partial charge in [0.1, 0.15) is 0 Å². The van der Waals surface area contributed by atoms with E-state index in [0.717, 1.165) is 32.5 Å². The van der Waals surface area contributed by atoms with Crippen LogP contribution in [0.4, 0.5) is 0 Å². The Morgan fingerprint density at radius 2 is 2.00 bits per heavy atom. The Balaban J connectivity index is 1.49. The van der Waals surface area contributed by atoms with Crippen LogP contribution < -0.4 is 5.32 Å². The molecule has 0 aromatic heterocycles. The molecule has 3 heterocycles. The molecule has 4 nitrogen and oxygen atoms in total. The molecule has 0 radical (unpaired) electrons. The van der Waals surface area contributed by atoms with Gasteiger partial charge in [0, 0.05) is 37.6 Å². The van der Waals surface area contributed by atoms with Gasteiger partial charge >= 0.3 is 0 Å². The van der Waals surface area contributed by atoms with Gasteiger partial charge in [0.2, 0.25) is 5.91 Å². The van der Waals surface area contributed by atoms with E-state index in [0.29, 0.717) is 24.0 Å². The number of rotatable bonds is 3. The van der Waals surface area contributed by atoms with Crippen molar-refractivity contribution in [2.75, 3.05) is 26.2 Å². The first kappa shape index (κ1) is 15.3. The quantitative estimate of drug-likeness (QED) is 0.864. The summed E-state index contributed by atoms with van der Waals surface area (Å²) in [6.45, 7) is 6.65. The van der Waals surface area contributed by atoms with Crippen LogP contribution in [-0.4, -0.2) is 60.0 Å². The Hall–Kier alpha value is -0.610. The second-order valence-corrected chi connectivity index (χ2v) is 7.23. The number of amides is 1. The molecule has 0 aromatic rings. The monoisotopic (exact) mass is 293 g/mol. The van der Waals surface area contributed by atoms with Crippen LogP contribution in [0.5, 0.6) is 0 Å². The van der Waals surface area contributed by atoms with Gasteiger partial charge < -0.3 is 10.2 Å². The van der Waals surface area contributed by atoms with Crippen LogP contribution >= 0.6 is 0 Å². The molecular formula is C17H31N3O. The van der Waals surface area contributed by atoms with Crippen molar-refractivity contribution >= 4 is 5.91 Å². The molecule has 0 aliphatic carbocycles. The molecule has 3 fully saturated rings. The van der Waals surface area contributed by atoms with E-state index in [4.69, 9.17) is 0 Å². The molecule has 3 saturated heterocycles. The number of piperazine rings is 1. The summed E-state index contributed by atoms with van der Waals surface area (Å²) in [5.41, 5.74) is 0. The van der Waals surface area contributed by atoms with Crippen molar-refractivity contribution in [2.24, 2.45) is 0 Å². The maximum atomic E-state index is 12.6. The summed E-state index contributed by atoms with van der Waals surface area (Å²) in [5.74, 6) is 0.389. The third kappa shape index (κ3) is 3.78. The largest absolute Gasteiger partial charge is 0.337 e. The predicted molar refractivity (Wildman–Crippen MR) is 85.3 cm³/mol. The van der Waals surface area contributed by atoms with Gasteiger partial charge in [-0.3, -0.25) is 9.69 Å². The molecule has 1 N–H and O–H groups in total. The molecule has 1 amide bonds. The maximum Gasteiger partial charge on any atom is 0.222 e. The molecule has 3 aliphatic rings. The first-order valence-electron chi connectivity index (χ1n) is 9.01. The summed E-state index contributed by atoms with van der Waals surface area (Å²) in [7, 11) is 0. The molecule has 3 unspecified atom stereocenters. The van der Waals surface area contributed by atoms with Crippen LogP contribution in [0.3, 0.4) is 0 Å². The van der Waals surface area contributed by atoms with Crippen LogP contribution in [0.15, 0.2) is 0 Å². The van der Waals surface area contributed by atoms with E-state index in [2.05, 4.69) is 22.0 Å². The van der Waals surface area contributed by atoms with Crippen molar-refractivity contribution in [3.63, 3.8) is 0 Å². The summed E-state index contributed by atoms with van der Waals surface area (Å²) in [6, 6.07) is 1.60. The Bertz CT molecular complexity index is 354. The van der Waals surface area contributed by atoms with Gasteiger partial charge in [-0.1, -0.05) is 12.8 Å². The zero-order valence-electron chi connectivity index (χ0n) is 13.5. The van der Waals surface area contributed by atoms with Gasteiger partial charge in [-0.05, 0) is 52.1 Å². The van der Waals surface area contributed by atoms with Gasteiger partial charge in [0.15, 0.2) is 0 Å². The van der Waals surface area contributed by atoms with E-state index in [1.165, 1.54) is 45.1 Å². The Kier molecular flexibility index (Phi) is 5.17. The van der Waals surface area contributed by atoms with Crippen LogP contribution in [0.2, 0.25) is 0 Å². The van der Waals surface area contributed by atoms with Crippen LogP contribution in [0, 0.1) is 0 Å². The molecule has 3 rings (SSSR count). The third-order valence-corrected chi connectivity index (χ3v) is 5.63. The molecule has 4 heteroatoms. The highest BCUT2D eigenvalue weighted by atomic mass is 16.2. The highest BCUT2D eigenvalue weighted by molar-refractivity contribution is 5.76. The highest BCUT2D eigenvalue weighted by Crippen LogP contribution is 2.25. The average Bonchev–Trinajstić information content (AvgIpc) is 2.53. The van der Waals surface area contributed by atoms with Crippen molar-refractivity contribution in [2.45, 2.75) is 76.4 Å². The number of nitrogens with zero attached hydrogens (tertiary/aromatic N) is 2. The summed E-state index contributed by atoms with van der Waals surface area (Å²) in [6.07, 6.45) is 9.58. The number of hydrogen-bond donors (Lipinski definition) is 1. The van der Waals surface area contributed by atoms with E-state index in [-0.39, 0.29) is 0 Å². The van der Waals surface area contributed by atoms with Crippen molar-refractivity contribution in [3.05, 3.63) is 0 Å². The number of carbonyl (C=O) groups excluding carboxylic acids is 1. The van der Waals surface area contributed by atoms with Gasteiger partial charge in [-0.2, -0.15) is 0 Å². The summed E-state index contributed by atoms with van der Waals surface area (Å²) in [4.78, 5) is 17.4. The smallest absolute Gasteiger partial charge is 0.222 e. The fourth-order valence-electron chi connectivity index (χ4n) is 4.31. The van der Waals surface area contributed by atoms with E-state index >= 15 is 0 Å². The second kappa shape index (κ2) is 7.10. The third-order valence-electron chi connectivity index (χ3n) is 5.63. The molecule has 0 aromatic carbocycles. The minimum Gasteiger partial charge on any atom is -0.337 e. The maximum absolute atomic E-state index is 12.6. The fourth-order valence-corrected chi connectivity index (χ4v) is 4.31. The topological polar surface area (TPSA) is 35.6 Å². The Morgan fingerprint density at radius 1 is 1.14 bits per heavy atom. The predicted octanol–water partition coefficient (Wildman–Crippen LogP) is 1.99. The lowest BCUT2D eigenvalue weighted by molar-refractivity contribution is -0.138. The normalized spacial score (nSPS) is 34.5. The van der Waals surface area contributed by atoms with E-state index < -0.39 is 0 Å². The number of piperidine rings is 2. The van der Waals surface area contributed by atoms with Crippen molar-refractivity contribution in [3.8, 4) is 0 Å². The highest BCUT2D eigenvalue weighted by Gasteiger charge is 2.35. The minimum atomic E-state index is 0.389. The van der Waals surface area contributed by atoms with Gasteiger partial charge in [0.05, 0.1) is 0 Å². The summed E-state index contributed by atoms with van der Waals surface area (Å²) >= 11 is 0. The average molecular weight is 293 g/mol. The molecular weight excluding hydrogens is 262 g/mol. The van der Waals surface area contributed by atoms with Gasteiger partial charge in [-0.25, -0.2) is 0 Å². The van der Waals surface area contributed by atoms with Gasteiger partial charge in [-0.15, -0.1) is 0 Å². The summed E-state index contributed by atoms with van der Waals surface area (Å²) in [5, 5.41) is 3.55. The van der Waals surface area contributed by atoms with Crippen LogP contribution in [-0.2, 0) is 4.79 Å². The Labute approximate surface area is 129 Å². The van der Waals surface area contributed by atoms with E-state index in [9.17, 15) is 4.79 Å². The SMILES string of the molecule is CC1CN2CCCCC2CN1C(=O)CCC1CCCCN1. The number of fused-ring (bicyclic) bond motifs is 1. The second-order valence-electron chi connectivity index (χ2n) is 7.23.